The van der Waals surface area contributed by atoms with Crippen LogP contribution < -0.4 is 5.32 Å². The molecule has 7 nitrogen and oxygen atoms in total. The average Bonchev–Trinajstić information content (AvgIpc) is 3.24. The maximum atomic E-state index is 13.3. The van der Waals surface area contributed by atoms with Crippen LogP contribution in [0.2, 0.25) is 0 Å². The van der Waals surface area contributed by atoms with Gasteiger partial charge in [0.25, 0.3) is 5.91 Å². The summed E-state index contributed by atoms with van der Waals surface area (Å²) in [7, 11) is 0. The number of carbonyl (C=O) groups excluding carboxylic acids is 1. The summed E-state index contributed by atoms with van der Waals surface area (Å²) in [5.74, 6) is -1.19. The molecule has 2 aromatic heterocycles. The number of carboxylic acid groups (broad SMARTS) is 1. The molecule has 0 aliphatic carbocycles. The molecule has 32 heavy (non-hydrogen) atoms. The fourth-order valence-corrected chi connectivity index (χ4v) is 4.03. The molecule has 2 aromatic carbocycles. The first-order valence-corrected chi connectivity index (χ1v) is 10.5. The van der Waals surface area contributed by atoms with Gasteiger partial charge in [-0.2, -0.15) is 5.10 Å². The summed E-state index contributed by atoms with van der Waals surface area (Å²) in [6.45, 7) is 8.38. The van der Waals surface area contributed by atoms with E-state index in [1.807, 2.05) is 37.5 Å². The predicted octanol–water partition coefficient (Wildman–Crippen LogP) is 4.30. The molecule has 0 aliphatic rings. The van der Waals surface area contributed by atoms with Gasteiger partial charge in [0.1, 0.15) is 11.2 Å². The third-order valence-electron chi connectivity index (χ3n) is 5.65. The van der Waals surface area contributed by atoms with Crippen molar-refractivity contribution in [2.75, 3.05) is 0 Å². The van der Waals surface area contributed by atoms with Crippen LogP contribution in [0, 0.1) is 20.8 Å². The number of aromatic nitrogens is 3. The molecule has 2 N–H and O–H groups in total. The maximum absolute atomic E-state index is 13.3. The number of benzene rings is 2. The van der Waals surface area contributed by atoms with Crippen LogP contribution in [-0.4, -0.2) is 31.2 Å². The van der Waals surface area contributed by atoms with Gasteiger partial charge in [0.15, 0.2) is 0 Å². The highest BCUT2D eigenvalue weighted by Gasteiger charge is 2.23. The molecule has 0 unspecified atom stereocenters. The van der Waals surface area contributed by atoms with E-state index in [9.17, 15) is 9.59 Å². The van der Waals surface area contributed by atoms with Gasteiger partial charge < -0.3 is 15.0 Å². The number of aromatic carboxylic acids is 1. The fourth-order valence-electron chi connectivity index (χ4n) is 4.03. The third kappa shape index (κ3) is 4.01. The first-order valence-electron chi connectivity index (χ1n) is 10.5. The van der Waals surface area contributed by atoms with E-state index in [1.54, 1.807) is 24.3 Å². The lowest BCUT2D eigenvalue weighted by Crippen LogP contribution is -2.27. The highest BCUT2D eigenvalue weighted by atomic mass is 16.4. The van der Waals surface area contributed by atoms with Crippen molar-refractivity contribution >= 4 is 17.5 Å². The Morgan fingerprint density at radius 1 is 1.09 bits per heavy atom. The zero-order valence-corrected chi connectivity index (χ0v) is 18.6. The molecule has 0 saturated heterocycles. The molecule has 7 heteroatoms. The van der Waals surface area contributed by atoms with Gasteiger partial charge in [0, 0.05) is 12.7 Å². The van der Waals surface area contributed by atoms with Gasteiger partial charge in [0.2, 0.25) is 0 Å². The quantitative estimate of drug-likeness (QED) is 0.477. The number of hydrogen-bond donors (Lipinski definition) is 2. The van der Waals surface area contributed by atoms with Crippen LogP contribution in [0.15, 0.2) is 54.7 Å². The molecule has 1 atom stereocenters. The second-order valence-electron chi connectivity index (χ2n) is 8.21. The lowest BCUT2D eigenvalue weighted by Gasteiger charge is -2.15. The number of hydrogen-bond acceptors (Lipinski definition) is 3. The third-order valence-corrected chi connectivity index (χ3v) is 5.65. The Morgan fingerprint density at radius 3 is 2.47 bits per heavy atom. The largest absolute Gasteiger partial charge is 0.478 e. The van der Waals surface area contributed by atoms with Gasteiger partial charge in [-0.3, -0.25) is 4.79 Å². The van der Waals surface area contributed by atoms with Crippen molar-refractivity contribution in [2.24, 2.45) is 0 Å². The molecule has 0 spiro atoms. The SMILES string of the molecule is Cc1cccc(Cn2cc(C)n3nc(C)c(C(=O)N[C@@H](C)c4ccc(C(=O)O)cc4)c23)c1. The number of nitrogens with one attached hydrogen (secondary N) is 1. The van der Waals surface area contributed by atoms with E-state index in [2.05, 4.69) is 40.1 Å². The molecule has 164 valence electrons. The Balaban J connectivity index is 1.65. The van der Waals surface area contributed by atoms with E-state index >= 15 is 0 Å². The van der Waals surface area contributed by atoms with E-state index in [4.69, 9.17) is 5.11 Å². The van der Waals surface area contributed by atoms with Crippen molar-refractivity contribution in [1.82, 2.24) is 19.5 Å². The van der Waals surface area contributed by atoms with Gasteiger partial charge in [-0.05, 0) is 51.0 Å². The van der Waals surface area contributed by atoms with Crippen LogP contribution in [-0.2, 0) is 6.54 Å². The van der Waals surface area contributed by atoms with Crippen LogP contribution >= 0.6 is 0 Å². The number of rotatable bonds is 6. The highest BCUT2D eigenvalue weighted by Crippen LogP contribution is 2.22. The molecule has 4 aromatic rings. The number of aryl methyl sites for hydroxylation is 3. The summed E-state index contributed by atoms with van der Waals surface area (Å²) >= 11 is 0. The normalized spacial score (nSPS) is 12.1. The van der Waals surface area contributed by atoms with Gasteiger partial charge in [-0.15, -0.1) is 0 Å². The van der Waals surface area contributed by atoms with Crippen molar-refractivity contribution in [1.29, 1.82) is 0 Å². The minimum Gasteiger partial charge on any atom is -0.478 e. The average molecular weight is 431 g/mol. The van der Waals surface area contributed by atoms with Crippen LogP contribution in [0.5, 0.6) is 0 Å². The number of nitrogens with zero attached hydrogens (tertiary/aromatic N) is 3. The van der Waals surface area contributed by atoms with Gasteiger partial charge in [0.05, 0.1) is 23.0 Å². The zero-order valence-electron chi connectivity index (χ0n) is 18.6. The molecule has 0 aliphatic heterocycles. The number of carbonyl (C=O) groups is 2. The molecule has 0 fully saturated rings. The topological polar surface area (TPSA) is 88.6 Å². The minimum absolute atomic E-state index is 0.212. The van der Waals surface area contributed by atoms with E-state index in [1.165, 1.54) is 5.56 Å². The zero-order chi connectivity index (χ0) is 23.0. The Morgan fingerprint density at radius 2 is 1.81 bits per heavy atom. The maximum Gasteiger partial charge on any atom is 0.335 e. The summed E-state index contributed by atoms with van der Waals surface area (Å²) in [6, 6.07) is 14.5. The molecule has 0 saturated carbocycles. The van der Waals surface area contributed by atoms with Crippen molar-refractivity contribution in [3.05, 3.63) is 93.9 Å². The fraction of sp³-hybridized carbons (Fsp3) is 0.240. The predicted molar refractivity (Wildman–Crippen MR) is 122 cm³/mol. The second kappa shape index (κ2) is 8.34. The first kappa shape index (κ1) is 21.4. The van der Waals surface area contributed by atoms with Crippen LogP contribution in [0.3, 0.4) is 0 Å². The standard InChI is InChI=1S/C25H26N4O3/c1-15-6-5-7-19(12-15)14-28-13-16(2)29-24(28)22(18(4)27-29)23(30)26-17(3)20-8-10-21(11-9-20)25(31)32/h5-13,17H,14H2,1-4H3,(H,26,30)(H,31,32)/t17-/m0/s1. The van der Waals surface area contributed by atoms with E-state index < -0.39 is 5.97 Å². The smallest absolute Gasteiger partial charge is 0.335 e. The molecule has 2 heterocycles. The second-order valence-corrected chi connectivity index (χ2v) is 8.21. The number of carboxylic acids is 1. The van der Waals surface area contributed by atoms with E-state index in [-0.39, 0.29) is 17.5 Å². The molecular weight excluding hydrogens is 404 g/mol. The number of fused-ring (bicyclic) bond motifs is 1. The molecule has 1 amide bonds. The summed E-state index contributed by atoms with van der Waals surface area (Å²) in [4.78, 5) is 24.4. The molecule has 4 rings (SSSR count). The lowest BCUT2D eigenvalue weighted by molar-refractivity contribution is 0.0696. The Hall–Kier alpha value is -3.87. The van der Waals surface area contributed by atoms with E-state index in [0.29, 0.717) is 17.8 Å². The molecule has 0 bridgehead atoms. The minimum atomic E-state index is -0.976. The van der Waals surface area contributed by atoms with Crippen molar-refractivity contribution in [2.45, 2.75) is 40.3 Å². The van der Waals surface area contributed by atoms with E-state index in [0.717, 1.165) is 22.5 Å². The van der Waals surface area contributed by atoms with Crippen molar-refractivity contribution in [3.63, 3.8) is 0 Å². The molecular formula is C25H26N4O3. The Labute approximate surface area is 186 Å². The summed E-state index contributed by atoms with van der Waals surface area (Å²) in [6.07, 6.45) is 2.01. The Kier molecular flexibility index (Phi) is 5.57. The van der Waals surface area contributed by atoms with Crippen LogP contribution in [0.4, 0.5) is 0 Å². The monoisotopic (exact) mass is 430 g/mol. The highest BCUT2D eigenvalue weighted by molar-refractivity contribution is 6.01. The summed E-state index contributed by atoms with van der Waals surface area (Å²) in [5.41, 5.74) is 6.29. The van der Waals surface area contributed by atoms with Gasteiger partial charge in [-0.1, -0.05) is 42.0 Å². The van der Waals surface area contributed by atoms with Gasteiger partial charge >= 0.3 is 5.97 Å². The van der Waals surface area contributed by atoms with Crippen LogP contribution in [0.1, 0.15) is 61.8 Å². The first-order chi connectivity index (χ1) is 15.2. The van der Waals surface area contributed by atoms with Crippen LogP contribution in [0.25, 0.3) is 5.65 Å². The van der Waals surface area contributed by atoms with Gasteiger partial charge in [-0.25, -0.2) is 9.31 Å². The number of amides is 1. The van der Waals surface area contributed by atoms with Crippen molar-refractivity contribution in [3.8, 4) is 0 Å². The summed E-state index contributed by atoms with van der Waals surface area (Å²) < 4.78 is 3.87. The molecule has 0 radical (unpaired) electrons. The number of imidazole rings is 1. The van der Waals surface area contributed by atoms with Crippen molar-refractivity contribution < 1.29 is 14.7 Å². The lowest BCUT2D eigenvalue weighted by atomic mass is 10.1. The Bertz CT molecular complexity index is 1320. The summed E-state index contributed by atoms with van der Waals surface area (Å²) in [5, 5.41) is 16.7.